The van der Waals surface area contributed by atoms with Crippen LogP contribution in [0.4, 0.5) is 8.78 Å². The van der Waals surface area contributed by atoms with Gasteiger partial charge in [0, 0.05) is 19.8 Å². The van der Waals surface area contributed by atoms with Gasteiger partial charge in [-0.05, 0) is 17.2 Å². The Bertz CT molecular complexity index is 1110. The number of methoxy groups -OCH3 is 2. The van der Waals surface area contributed by atoms with Crippen molar-refractivity contribution in [2.45, 2.75) is 12.5 Å². The molecule has 0 saturated carbocycles. The van der Waals surface area contributed by atoms with Gasteiger partial charge in [-0.3, -0.25) is 4.79 Å². The second-order valence-electron chi connectivity index (χ2n) is 8.18. The smallest absolute Gasteiger partial charge is 0.311 e. The van der Waals surface area contributed by atoms with Gasteiger partial charge in [0.2, 0.25) is 11.5 Å². The number of carbonyl (C=O) groups excluding carboxylic acids is 1. The SMILES string of the molecule is COCCOCOc1c(F)cc(CC(=O)OC(c2ccccc2)c2ccccc2)c(F)c1OCOCCOC. The van der Waals surface area contributed by atoms with Crippen LogP contribution in [0.2, 0.25) is 0 Å². The van der Waals surface area contributed by atoms with E-state index < -0.39 is 48.4 Å². The van der Waals surface area contributed by atoms with E-state index in [1.807, 2.05) is 60.7 Å². The highest BCUT2D eigenvalue weighted by Crippen LogP contribution is 2.36. The van der Waals surface area contributed by atoms with Crippen LogP contribution in [0.3, 0.4) is 0 Å². The van der Waals surface area contributed by atoms with Crippen LogP contribution < -0.4 is 9.47 Å². The normalized spacial score (nSPS) is 11.0. The van der Waals surface area contributed by atoms with Gasteiger partial charge in [0.1, 0.15) is 0 Å². The topological polar surface area (TPSA) is 81.7 Å². The molecule has 0 amide bonds. The first-order valence-corrected chi connectivity index (χ1v) is 12.2. The van der Waals surface area contributed by atoms with Gasteiger partial charge in [0.15, 0.2) is 31.3 Å². The molecule has 3 aromatic carbocycles. The molecule has 0 aliphatic rings. The molecule has 0 N–H and O–H groups in total. The highest BCUT2D eigenvalue weighted by Gasteiger charge is 2.25. The first kappa shape index (κ1) is 30.0. The van der Waals surface area contributed by atoms with Crippen molar-refractivity contribution in [3.8, 4) is 11.5 Å². The zero-order chi connectivity index (χ0) is 27.9. The number of esters is 1. The van der Waals surface area contributed by atoms with Gasteiger partial charge >= 0.3 is 5.97 Å². The van der Waals surface area contributed by atoms with Gasteiger partial charge in [0.05, 0.1) is 32.8 Å². The molecule has 0 unspecified atom stereocenters. The first-order chi connectivity index (χ1) is 19.0. The molecule has 0 heterocycles. The zero-order valence-corrected chi connectivity index (χ0v) is 21.9. The summed E-state index contributed by atoms with van der Waals surface area (Å²) >= 11 is 0. The first-order valence-electron chi connectivity index (χ1n) is 12.2. The number of halogens is 2. The van der Waals surface area contributed by atoms with E-state index in [2.05, 4.69) is 0 Å². The quantitative estimate of drug-likeness (QED) is 0.135. The Kier molecular flexibility index (Phi) is 12.6. The standard InChI is InChI=1S/C29H32F2O8/c1-33-13-15-35-19-37-28-24(30)17-23(26(31)29(28)38-20-36-16-14-34-2)18-25(32)39-27(21-9-5-3-6-10-21)22-11-7-4-8-12-22/h3-12,17,27H,13-16,18-20H2,1-2H3. The van der Waals surface area contributed by atoms with Crippen LogP contribution in [0.5, 0.6) is 11.5 Å². The number of carbonyl (C=O) groups is 1. The van der Waals surface area contributed by atoms with Crippen LogP contribution in [-0.4, -0.2) is 60.2 Å². The summed E-state index contributed by atoms with van der Waals surface area (Å²) in [5.41, 5.74) is 1.20. The average Bonchev–Trinajstić information content (AvgIpc) is 2.95. The molecule has 0 fully saturated rings. The zero-order valence-electron chi connectivity index (χ0n) is 21.9. The van der Waals surface area contributed by atoms with E-state index >= 15 is 8.78 Å². The minimum absolute atomic E-state index is 0.170. The Morgan fingerprint density at radius 2 is 1.26 bits per heavy atom. The van der Waals surface area contributed by atoms with E-state index in [-0.39, 0.29) is 32.2 Å². The third-order valence-electron chi connectivity index (χ3n) is 5.43. The van der Waals surface area contributed by atoms with Gasteiger partial charge in [0.25, 0.3) is 0 Å². The summed E-state index contributed by atoms with van der Waals surface area (Å²) in [7, 11) is 3.00. The highest BCUT2D eigenvalue weighted by molar-refractivity contribution is 5.74. The number of ether oxygens (including phenoxy) is 7. The van der Waals surface area contributed by atoms with Crippen LogP contribution in [-0.2, 0) is 34.9 Å². The largest absolute Gasteiger partial charge is 0.460 e. The molecule has 0 aliphatic carbocycles. The van der Waals surface area contributed by atoms with Crippen molar-refractivity contribution in [1.82, 2.24) is 0 Å². The predicted molar refractivity (Wildman–Crippen MR) is 138 cm³/mol. The Hall–Kier alpha value is -3.57. The van der Waals surface area contributed by atoms with Crippen LogP contribution in [0.15, 0.2) is 66.7 Å². The lowest BCUT2D eigenvalue weighted by atomic mass is 10.0. The molecule has 3 aromatic rings. The maximum Gasteiger partial charge on any atom is 0.311 e. The monoisotopic (exact) mass is 546 g/mol. The number of hydrogen-bond donors (Lipinski definition) is 0. The summed E-state index contributed by atoms with van der Waals surface area (Å²) in [4.78, 5) is 13.0. The van der Waals surface area contributed by atoms with E-state index in [1.54, 1.807) is 0 Å². The molecule has 0 aromatic heterocycles. The molecule has 39 heavy (non-hydrogen) atoms. The van der Waals surface area contributed by atoms with Crippen LogP contribution in [0, 0.1) is 11.6 Å². The second-order valence-corrected chi connectivity index (χ2v) is 8.18. The average molecular weight is 547 g/mol. The summed E-state index contributed by atoms with van der Waals surface area (Å²) < 4.78 is 67.2. The lowest BCUT2D eigenvalue weighted by Crippen LogP contribution is -2.17. The van der Waals surface area contributed by atoms with Gasteiger partial charge in [-0.25, -0.2) is 8.78 Å². The molecule has 10 heteroatoms. The Labute approximate surface area is 226 Å². The summed E-state index contributed by atoms with van der Waals surface area (Å²) in [6, 6.07) is 19.1. The van der Waals surface area contributed by atoms with E-state index in [0.29, 0.717) is 6.61 Å². The Morgan fingerprint density at radius 1 is 0.744 bits per heavy atom. The van der Waals surface area contributed by atoms with Crippen molar-refractivity contribution in [1.29, 1.82) is 0 Å². The molecule has 210 valence electrons. The van der Waals surface area contributed by atoms with Gasteiger partial charge in [-0.1, -0.05) is 60.7 Å². The fraction of sp³-hybridized carbons (Fsp3) is 0.345. The molecule has 0 radical (unpaired) electrons. The maximum atomic E-state index is 15.5. The molecule has 0 spiro atoms. The summed E-state index contributed by atoms with van der Waals surface area (Å²) in [5, 5.41) is 0. The number of benzene rings is 3. The maximum absolute atomic E-state index is 15.5. The van der Waals surface area contributed by atoms with E-state index in [9.17, 15) is 4.79 Å². The molecule has 8 nitrogen and oxygen atoms in total. The lowest BCUT2D eigenvalue weighted by Gasteiger charge is -2.20. The molecule has 3 rings (SSSR count). The fourth-order valence-electron chi connectivity index (χ4n) is 3.54. The van der Waals surface area contributed by atoms with Crippen LogP contribution in [0.25, 0.3) is 0 Å². The summed E-state index contributed by atoms with van der Waals surface area (Å²) in [5.74, 6) is -3.74. The molecule has 0 aliphatic heterocycles. The predicted octanol–water partition coefficient (Wildman–Crippen LogP) is 4.84. The minimum Gasteiger partial charge on any atom is -0.460 e. The third-order valence-corrected chi connectivity index (χ3v) is 5.43. The van der Waals surface area contributed by atoms with E-state index in [4.69, 9.17) is 33.2 Å². The Morgan fingerprint density at radius 3 is 1.77 bits per heavy atom. The van der Waals surface area contributed by atoms with Gasteiger partial charge in [-0.15, -0.1) is 0 Å². The van der Waals surface area contributed by atoms with Crippen molar-refractivity contribution >= 4 is 5.97 Å². The van der Waals surface area contributed by atoms with Crippen molar-refractivity contribution in [2.75, 3.05) is 54.2 Å². The van der Waals surface area contributed by atoms with Crippen LogP contribution >= 0.6 is 0 Å². The van der Waals surface area contributed by atoms with Crippen molar-refractivity contribution < 1.29 is 46.7 Å². The second kappa shape index (κ2) is 16.4. The number of rotatable bonds is 17. The molecule has 0 saturated heterocycles. The molecule has 0 bridgehead atoms. The summed E-state index contributed by atoms with van der Waals surface area (Å²) in [6.07, 6.45) is -1.28. The highest BCUT2D eigenvalue weighted by atomic mass is 19.1. The summed E-state index contributed by atoms with van der Waals surface area (Å²) in [6.45, 7) is 0.155. The van der Waals surface area contributed by atoms with E-state index in [1.165, 1.54) is 14.2 Å². The van der Waals surface area contributed by atoms with Crippen molar-refractivity contribution in [2.24, 2.45) is 0 Å². The van der Waals surface area contributed by atoms with Crippen molar-refractivity contribution in [3.63, 3.8) is 0 Å². The lowest BCUT2D eigenvalue weighted by molar-refractivity contribution is -0.146. The number of hydrogen-bond acceptors (Lipinski definition) is 8. The molecular formula is C29H32F2O8. The van der Waals surface area contributed by atoms with E-state index in [0.717, 1.165) is 17.2 Å². The van der Waals surface area contributed by atoms with Crippen LogP contribution in [0.1, 0.15) is 22.8 Å². The third kappa shape index (κ3) is 9.29. The van der Waals surface area contributed by atoms with Crippen molar-refractivity contribution in [3.05, 3.63) is 95.1 Å². The van der Waals surface area contributed by atoms with Gasteiger partial charge < -0.3 is 33.2 Å². The fourth-order valence-corrected chi connectivity index (χ4v) is 3.54. The Balaban J connectivity index is 1.80. The minimum atomic E-state index is -0.980. The van der Waals surface area contributed by atoms with Gasteiger partial charge in [-0.2, -0.15) is 0 Å². The molecular weight excluding hydrogens is 514 g/mol. The molecule has 0 atom stereocenters.